The maximum atomic E-state index is 13.6. The Bertz CT molecular complexity index is 1000. The predicted octanol–water partition coefficient (Wildman–Crippen LogP) is 5.10. The number of ether oxygens (including phenoxy) is 1. The van der Waals surface area contributed by atoms with Crippen LogP contribution >= 0.6 is 11.3 Å². The summed E-state index contributed by atoms with van der Waals surface area (Å²) in [4.78, 5) is 35.6. The Hall–Kier alpha value is -2.45. The van der Waals surface area contributed by atoms with Crippen LogP contribution in [0.1, 0.15) is 69.7 Å². The van der Waals surface area contributed by atoms with E-state index in [4.69, 9.17) is 9.72 Å². The van der Waals surface area contributed by atoms with E-state index in [1.54, 1.807) is 7.11 Å². The third-order valence-corrected chi connectivity index (χ3v) is 8.10. The predicted molar refractivity (Wildman–Crippen MR) is 139 cm³/mol. The van der Waals surface area contributed by atoms with Gasteiger partial charge in [0.15, 0.2) is 5.13 Å². The molecule has 3 heterocycles. The van der Waals surface area contributed by atoms with Crippen molar-refractivity contribution < 1.29 is 14.3 Å². The fraction of sp³-hybridized carbons (Fsp3) is 0.593. The lowest BCUT2D eigenvalue weighted by Gasteiger charge is -2.41. The minimum Gasteiger partial charge on any atom is -0.496 e. The smallest absolute Gasteiger partial charge is 0.231 e. The number of hydrogen-bond acceptors (Lipinski definition) is 6. The van der Waals surface area contributed by atoms with Crippen molar-refractivity contribution in [2.75, 3.05) is 32.1 Å². The van der Waals surface area contributed by atoms with Crippen LogP contribution in [0.4, 0.5) is 5.13 Å². The van der Waals surface area contributed by atoms with Crippen LogP contribution in [0, 0.1) is 11.8 Å². The molecule has 7 nitrogen and oxygen atoms in total. The van der Waals surface area contributed by atoms with Gasteiger partial charge in [-0.15, -0.1) is 11.3 Å². The van der Waals surface area contributed by atoms with Gasteiger partial charge >= 0.3 is 0 Å². The molecule has 2 aliphatic heterocycles. The van der Waals surface area contributed by atoms with Crippen LogP contribution in [0.15, 0.2) is 29.6 Å². The lowest BCUT2D eigenvalue weighted by Crippen LogP contribution is -2.47. The number of piperidine rings is 2. The normalized spacial score (nSPS) is 21.8. The highest BCUT2D eigenvalue weighted by molar-refractivity contribution is 7.13. The number of nitrogens with one attached hydrogen (secondary N) is 1. The van der Waals surface area contributed by atoms with Crippen LogP contribution in [-0.2, 0) is 16.1 Å². The number of unbranched alkanes of at least 4 members (excludes halogenated alkanes) is 1. The number of para-hydroxylation sites is 1. The minimum absolute atomic E-state index is 0.0809. The van der Waals surface area contributed by atoms with E-state index in [1.807, 2.05) is 34.5 Å². The van der Waals surface area contributed by atoms with Crippen molar-refractivity contribution in [1.29, 1.82) is 0 Å². The summed E-state index contributed by atoms with van der Waals surface area (Å²) in [6.45, 7) is 8.09. The van der Waals surface area contributed by atoms with Gasteiger partial charge in [0.25, 0.3) is 0 Å². The molecule has 0 unspecified atom stereocenters. The number of benzene rings is 1. The average Bonchev–Trinajstić information content (AvgIpc) is 3.30. The van der Waals surface area contributed by atoms with E-state index in [0.29, 0.717) is 30.3 Å². The number of methoxy groups -OCH3 is 1. The number of anilines is 1. The molecule has 1 aromatic carbocycles. The molecule has 35 heavy (non-hydrogen) atoms. The lowest BCUT2D eigenvalue weighted by molar-refractivity contribution is -0.142. The molecule has 0 spiro atoms. The van der Waals surface area contributed by atoms with Crippen molar-refractivity contribution in [1.82, 2.24) is 14.8 Å². The summed E-state index contributed by atoms with van der Waals surface area (Å²) >= 11 is 1.48. The fourth-order valence-electron chi connectivity index (χ4n) is 5.20. The first-order chi connectivity index (χ1) is 17.0. The molecule has 2 saturated heterocycles. The Labute approximate surface area is 212 Å². The molecule has 2 fully saturated rings. The van der Waals surface area contributed by atoms with Crippen LogP contribution in [0.25, 0.3) is 0 Å². The second-order valence-electron chi connectivity index (χ2n) is 9.86. The van der Waals surface area contributed by atoms with Gasteiger partial charge in [-0.25, -0.2) is 4.98 Å². The van der Waals surface area contributed by atoms with E-state index in [2.05, 4.69) is 24.1 Å². The molecule has 2 aromatic rings. The number of hydrogen-bond donors (Lipinski definition) is 1. The number of carbonyl (C=O) groups excluding carboxylic acids is 2. The molecule has 0 radical (unpaired) electrons. The van der Waals surface area contributed by atoms with Crippen molar-refractivity contribution >= 4 is 28.3 Å². The van der Waals surface area contributed by atoms with Gasteiger partial charge in [0.05, 0.1) is 24.8 Å². The summed E-state index contributed by atoms with van der Waals surface area (Å²) in [5.41, 5.74) is 1.89. The Morgan fingerprint density at radius 1 is 1.23 bits per heavy atom. The van der Waals surface area contributed by atoms with Gasteiger partial charge in [-0.3, -0.25) is 14.5 Å². The van der Waals surface area contributed by atoms with E-state index >= 15 is 0 Å². The summed E-state index contributed by atoms with van der Waals surface area (Å²) in [6, 6.07) is 7.38. The molecule has 0 aliphatic carbocycles. The number of aromatic nitrogens is 1. The van der Waals surface area contributed by atoms with E-state index in [0.717, 1.165) is 49.7 Å². The highest BCUT2D eigenvalue weighted by Gasteiger charge is 2.41. The Morgan fingerprint density at radius 3 is 2.74 bits per heavy atom. The highest BCUT2D eigenvalue weighted by atomic mass is 32.1. The zero-order chi connectivity index (χ0) is 24.8. The van der Waals surface area contributed by atoms with Crippen LogP contribution < -0.4 is 10.1 Å². The summed E-state index contributed by atoms with van der Waals surface area (Å²) in [6.07, 6.45) is 5.23. The maximum absolute atomic E-state index is 13.6. The molecule has 0 bridgehead atoms. The third kappa shape index (κ3) is 6.22. The summed E-state index contributed by atoms with van der Waals surface area (Å²) in [7, 11) is 1.63. The molecule has 190 valence electrons. The second kappa shape index (κ2) is 12.0. The SMILES string of the molecule is CCCCN1C(=O)CC[C@H](C(=O)Nc2nc(CN3CCC(C)CC3)cs2)[C@H]1c1ccccc1OC. The van der Waals surface area contributed by atoms with Gasteiger partial charge < -0.3 is 15.0 Å². The van der Waals surface area contributed by atoms with E-state index < -0.39 is 0 Å². The molecule has 4 rings (SSSR count). The lowest BCUT2D eigenvalue weighted by atomic mass is 9.83. The Balaban J connectivity index is 1.51. The molecule has 2 aliphatic rings. The molecular weight excluding hydrogens is 460 g/mol. The number of rotatable bonds is 9. The summed E-state index contributed by atoms with van der Waals surface area (Å²) < 4.78 is 5.63. The molecular formula is C27H38N4O3S. The molecule has 0 saturated carbocycles. The largest absolute Gasteiger partial charge is 0.496 e. The van der Waals surface area contributed by atoms with E-state index in [1.165, 1.54) is 24.2 Å². The van der Waals surface area contributed by atoms with Crippen LogP contribution in [0.2, 0.25) is 0 Å². The van der Waals surface area contributed by atoms with Crippen LogP contribution in [-0.4, -0.2) is 53.3 Å². The average molecular weight is 499 g/mol. The fourth-order valence-corrected chi connectivity index (χ4v) is 5.90. The van der Waals surface area contributed by atoms with Crippen LogP contribution in [0.3, 0.4) is 0 Å². The van der Waals surface area contributed by atoms with Gasteiger partial charge in [0, 0.05) is 30.5 Å². The van der Waals surface area contributed by atoms with Gasteiger partial charge in [-0.2, -0.15) is 0 Å². The van der Waals surface area contributed by atoms with E-state index in [-0.39, 0.29) is 23.8 Å². The monoisotopic (exact) mass is 498 g/mol. The van der Waals surface area contributed by atoms with Gasteiger partial charge in [-0.05, 0) is 50.8 Å². The summed E-state index contributed by atoms with van der Waals surface area (Å²) in [5.74, 6) is 1.16. The van der Waals surface area contributed by atoms with Crippen molar-refractivity contribution in [3.8, 4) is 5.75 Å². The number of nitrogens with zero attached hydrogens (tertiary/aromatic N) is 3. The third-order valence-electron chi connectivity index (χ3n) is 7.30. The Morgan fingerprint density at radius 2 is 2.00 bits per heavy atom. The quantitative estimate of drug-likeness (QED) is 0.521. The maximum Gasteiger partial charge on any atom is 0.231 e. The molecule has 8 heteroatoms. The molecule has 2 atom stereocenters. The zero-order valence-electron chi connectivity index (χ0n) is 21.2. The highest BCUT2D eigenvalue weighted by Crippen LogP contribution is 2.41. The first kappa shape index (κ1) is 25.6. The van der Waals surface area contributed by atoms with Crippen molar-refractivity contribution in [2.45, 2.75) is 65.0 Å². The van der Waals surface area contributed by atoms with Crippen LogP contribution in [0.5, 0.6) is 5.75 Å². The number of thiazole rings is 1. The van der Waals surface area contributed by atoms with Gasteiger partial charge in [0.1, 0.15) is 5.75 Å². The second-order valence-corrected chi connectivity index (χ2v) is 10.7. The molecule has 2 amide bonds. The zero-order valence-corrected chi connectivity index (χ0v) is 22.0. The number of amides is 2. The summed E-state index contributed by atoms with van der Waals surface area (Å²) in [5, 5.41) is 5.75. The van der Waals surface area contributed by atoms with Gasteiger partial charge in [0.2, 0.25) is 11.8 Å². The minimum atomic E-state index is -0.364. The molecule has 1 aromatic heterocycles. The first-order valence-electron chi connectivity index (χ1n) is 12.9. The van der Waals surface area contributed by atoms with E-state index in [9.17, 15) is 9.59 Å². The first-order valence-corrected chi connectivity index (χ1v) is 13.8. The molecule has 1 N–H and O–H groups in total. The topological polar surface area (TPSA) is 74.8 Å². The van der Waals surface area contributed by atoms with Crippen molar-refractivity contribution in [2.24, 2.45) is 11.8 Å². The van der Waals surface area contributed by atoms with Gasteiger partial charge in [-0.1, -0.05) is 38.5 Å². The number of likely N-dealkylation sites (tertiary alicyclic amines) is 2. The standard InChI is InChI=1S/C27H38N4O3S/c1-4-5-14-31-24(32)11-10-22(25(31)21-8-6-7-9-23(21)34-3)26(33)29-27-28-20(18-35-27)17-30-15-12-19(2)13-16-30/h6-9,18-19,22,25H,4-5,10-17H2,1-3H3,(H,28,29,33)/t22-,25+/m0/s1. The number of carbonyl (C=O) groups is 2. The van der Waals surface area contributed by atoms with Crippen molar-refractivity contribution in [3.63, 3.8) is 0 Å². The Kier molecular flexibility index (Phi) is 8.78. The van der Waals surface area contributed by atoms with Crippen molar-refractivity contribution in [3.05, 3.63) is 40.9 Å².